The minimum absolute atomic E-state index is 0.223. The van der Waals surface area contributed by atoms with Gasteiger partial charge in [0.05, 0.1) is 12.8 Å². The predicted molar refractivity (Wildman–Crippen MR) is 86.2 cm³/mol. The summed E-state index contributed by atoms with van der Waals surface area (Å²) in [4.78, 5) is 11.9. The summed E-state index contributed by atoms with van der Waals surface area (Å²) in [6, 6.07) is 13.0. The number of amides is 1. The van der Waals surface area contributed by atoms with E-state index >= 15 is 0 Å². The van der Waals surface area contributed by atoms with Crippen LogP contribution in [0.3, 0.4) is 0 Å². The highest BCUT2D eigenvalue weighted by Crippen LogP contribution is 2.26. The highest BCUT2D eigenvalue weighted by molar-refractivity contribution is 6.02. The van der Waals surface area contributed by atoms with Crippen LogP contribution in [-0.4, -0.2) is 13.0 Å². The summed E-state index contributed by atoms with van der Waals surface area (Å²) >= 11 is 0. The van der Waals surface area contributed by atoms with Crippen molar-refractivity contribution >= 4 is 23.4 Å². The first-order valence-electron chi connectivity index (χ1n) is 6.58. The fourth-order valence-corrected chi connectivity index (χ4v) is 1.83. The number of nitrogen functional groups attached to an aromatic ring is 1. The molecule has 0 saturated carbocycles. The van der Waals surface area contributed by atoms with Crippen LogP contribution in [0.5, 0.6) is 5.75 Å². The third-order valence-corrected chi connectivity index (χ3v) is 2.99. The summed E-state index contributed by atoms with van der Waals surface area (Å²) in [5.41, 5.74) is 9.00. The first-order chi connectivity index (χ1) is 10.1. The van der Waals surface area contributed by atoms with E-state index in [9.17, 15) is 4.79 Å². The first kappa shape index (κ1) is 14.7. The van der Waals surface area contributed by atoms with Crippen LogP contribution >= 0.6 is 0 Å². The molecule has 0 heterocycles. The molecule has 2 aromatic carbocycles. The van der Waals surface area contributed by atoms with Crippen molar-refractivity contribution in [2.45, 2.75) is 6.92 Å². The molecular weight excluding hydrogens is 264 g/mol. The molecule has 0 bridgehead atoms. The van der Waals surface area contributed by atoms with Crippen molar-refractivity contribution in [3.8, 4) is 5.75 Å². The van der Waals surface area contributed by atoms with Crippen molar-refractivity contribution in [2.75, 3.05) is 18.2 Å². The minimum atomic E-state index is -0.223. The number of benzene rings is 2. The lowest BCUT2D eigenvalue weighted by Gasteiger charge is -2.09. The molecule has 2 rings (SSSR count). The van der Waals surface area contributed by atoms with Crippen LogP contribution in [0.2, 0.25) is 0 Å². The summed E-state index contributed by atoms with van der Waals surface area (Å²) in [5, 5.41) is 2.76. The quantitative estimate of drug-likeness (QED) is 0.668. The van der Waals surface area contributed by atoms with Gasteiger partial charge in [-0.3, -0.25) is 4.79 Å². The third kappa shape index (κ3) is 4.11. The SMILES string of the molecule is COc1cc(N)ccc1NC(=O)/C=C/c1ccc(C)cc1. The van der Waals surface area contributed by atoms with Gasteiger partial charge in [0.25, 0.3) is 0 Å². The first-order valence-corrected chi connectivity index (χ1v) is 6.58. The summed E-state index contributed by atoms with van der Waals surface area (Å²) in [5.74, 6) is 0.311. The van der Waals surface area contributed by atoms with E-state index in [0.717, 1.165) is 5.56 Å². The van der Waals surface area contributed by atoms with E-state index < -0.39 is 0 Å². The topological polar surface area (TPSA) is 64.3 Å². The van der Waals surface area contributed by atoms with E-state index in [1.54, 1.807) is 24.3 Å². The van der Waals surface area contributed by atoms with Crippen LogP contribution in [-0.2, 0) is 4.79 Å². The molecule has 4 heteroatoms. The maximum Gasteiger partial charge on any atom is 0.248 e. The van der Waals surface area contributed by atoms with Gasteiger partial charge in [0.1, 0.15) is 5.75 Å². The Morgan fingerprint density at radius 1 is 1.19 bits per heavy atom. The molecule has 3 N–H and O–H groups in total. The lowest BCUT2D eigenvalue weighted by Crippen LogP contribution is -2.09. The van der Waals surface area contributed by atoms with Crippen LogP contribution < -0.4 is 15.8 Å². The second-order valence-electron chi connectivity index (χ2n) is 4.69. The fraction of sp³-hybridized carbons (Fsp3) is 0.118. The molecule has 21 heavy (non-hydrogen) atoms. The Morgan fingerprint density at radius 3 is 2.57 bits per heavy atom. The van der Waals surface area contributed by atoms with Crippen molar-refractivity contribution in [3.05, 3.63) is 59.7 Å². The standard InChI is InChI=1S/C17H18N2O2/c1-12-3-5-13(6-4-12)7-10-17(20)19-15-9-8-14(18)11-16(15)21-2/h3-11H,18H2,1-2H3,(H,19,20)/b10-7+. The number of anilines is 2. The number of hydrogen-bond acceptors (Lipinski definition) is 3. The van der Waals surface area contributed by atoms with Crippen LogP contribution in [0.25, 0.3) is 6.08 Å². The van der Waals surface area contributed by atoms with E-state index in [4.69, 9.17) is 10.5 Å². The van der Waals surface area contributed by atoms with Gasteiger partial charge in [-0.15, -0.1) is 0 Å². The average molecular weight is 282 g/mol. The van der Waals surface area contributed by atoms with Gasteiger partial charge in [0.15, 0.2) is 0 Å². The number of aryl methyl sites for hydroxylation is 1. The largest absolute Gasteiger partial charge is 0.494 e. The maximum absolute atomic E-state index is 11.9. The molecule has 0 spiro atoms. The van der Waals surface area contributed by atoms with Gasteiger partial charge in [-0.05, 0) is 30.7 Å². The lowest BCUT2D eigenvalue weighted by atomic mass is 10.1. The van der Waals surface area contributed by atoms with E-state index in [0.29, 0.717) is 17.1 Å². The number of nitrogens with two attached hydrogens (primary N) is 1. The number of ether oxygens (including phenoxy) is 1. The Labute approximate surface area is 124 Å². The smallest absolute Gasteiger partial charge is 0.248 e. The molecular formula is C17H18N2O2. The zero-order valence-corrected chi connectivity index (χ0v) is 12.1. The highest BCUT2D eigenvalue weighted by Gasteiger charge is 2.05. The molecule has 0 saturated heterocycles. The number of nitrogens with one attached hydrogen (secondary N) is 1. The fourth-order valence-electron chi connectivity index (χ4n) is 1.83. The molecule has 0 aromatic heterocycles. The highest BCUT2D eigenvalue weighted by atomic mass is 16.5. The Hall–Kier alpha value is -2.75. The predicted octanol–water partition coefficient (Wildman–Crippen LogP) is 3.24. The number of carbonyl (C=O) groups excluding carboxylic acids is 1. The van der Waals surface area contributed by atoms with Gasteiger partial charge < -0.3 is 15.8 Å². The number of rotatable bonds is 4. The molecule has 0 aliphatic rings. The van der Waals surface area contributed by atoms with E-state index in [2.05, 4.69) is 5.32 Å². The summed E-state index contributed by atoms with van der Waals surface area (Å²) < 4.78 is 5.18. The van der Waals surface area contributed by atoms with Crippen molar-refractivity contribution in [1.29, 1.82) is 0 Å². The van der Waals surface area contributed by atoms with Crippen molar-refractivity contribution in [1.82, 2.24) is 0 Å². The molecule has 0 radical (unpaired) electrons. The second kappa shape index (κ2) is 6.61. The monoisotopic (exact) mass is 282 g/mol. The van der Waals surface area contributed by atoms with E-state index in [-0.39, 0.29) is 5.91 Å². The molecule has 0 atom stereocenters. The zero-order valence-electron chi connectivity index (χ0n) is 12.1. The van der Waals surface area contributed by atoms with Gasteiger partial charge in [0.2, 0.25) is 5.91 Å². The summed E-state index contributed by atoms with van der Waals surface area (Å²) in [6.07, 6.45) is 3.25. The Kier molecular flexibility index (Phi) is 4.61. The number of hydrogen-bond donors (Lipinski definition) is 2. The lowest BCUT2D eigenvalue weighted by molar-refractivity contribution is -0.111. The van der Waals surface area contributed by atoms with Crippen molar-refractivity contribution in [2.24, 2.45) is 0 Å². The zero-order chi connectivity index (χ0) is 15.2. The van der Waals surface area contributed by atoms with Gasteiger partial charge in [-0.1, -0.05) is 29.8 Å². The molecule has 0 aliphatic carbocycles. The maximum atomic E-state index is 11.9. The van der Waals surface area contributed by atoms with Gasteiger partial charge in [0, 0.05) is 17.8 Å². The van der Waals surface area contributed by atoms with Crippen LogP contribution in [0, 0.1) is 6.92 Å². The summed E-state index contributed by atoms with van der Waals surface area (Å²) in [6.45, 7) is 2.02. The third-order valence-electron chi connectivity index (χ3n) is 2.99. The Bertz CT molecular complexity index is 661. The van der Waals surface area contributed by atoms with E-state index in [1.807, 2.05) is 31.2 Å². The normalized spacial score (nSPS) is 10.6. The molecule has 0 unspecified atom stereocenters. The summed E-state index contributed by atoms with van der Waals surface area (Å²) in [7, 11) is 1.53. The molecule has 0 fully saturated rings. The van der Waals surface area contributed by atoms with Gasteiger partial charge in [-0.25, -0.2) is 0 Å². The molecule has 2 aromatic rings. The van der Waals surface area contributed by atoms with E-state index in [1.165, 1.54) is 18.7 Å². The van der Waals surface area contributed by atoms with Crippen molar-refractivity contribution in [3.63, 3.8) is 0 Å². The number of methoxy groups -OCH3 is 1. The Balaban J connectivity index is 2.06. The van der Waals surface area contributed by atoms with Crippen LogP contribution in [0.1, 0.15) is 11.1 Å². The van der Waals surface area contributed by atoms with Crippen LogP contribution in [0.15, 0.2) is 48.5 Å². The molecule has 4 nitrogen and oxygen atoms in total. The van der Waals surface area contributed by atoms with Gasteiger partial charge >= 0.3 is 0 Å². The molecule has 108 valence electrons. The second-order valence-corrected chi connectivity index (χ2v) is 4.69. The Morgan fingerprint density at radius 2 is 1.90 bits per heavy atom. The average Bonchev–Trinajstić information content (AvgIpc) is 2.48. The number of carbonyl (C=O) groups is 1. The molecule has 1 amide bonds. The molecule has 0 aliphatic heterocycles. The minimum Gasteiger partial charge on any atom is -0.494 e. The van der Waals surface area contributed by atoms with Crippen molar-refractivity contribution < 1.29 is 9.53 Å². The van der Waals surface area contributed by atoms with Crippen LogP contribution in [0.4, 0.5) is 11.4 Å². The van der Waals surface area contributed by atoms with Gasteiger partial charge in [-0.2, -0.15) is 0 Å².